The van der Waals surface area contributed by atoms with Crippen molar-refractivity contribution in [1.82, 2.24) is 19.9 Å². The number of aromatic nitrogens is 3. The van der Waals surface area contributed by atoms with Crippen LogP contribution in [0.1, 0.15) is 29.5 Å². The Hall–Kier alpha value is -4.00. The lowest BCUT2D eigenvalue weighted by Crippen LogP contribution is -2.43. The van der Waals surface area contributed by atoms with Gasteiger partial charge < -0.3 is 10.2 Å². The van der Waals surface area contributed by atoms with Gasteiger partial charge in [-0.25, -0.2) is 9.97 Å². The summed E-state index contributed by atoms with van der Waals surface area (Å²) in [6, 6.07) is 21.7. The van der Waals surface area contributed by atoms with Gasteiger partial charge in [-0.3, -0.25) is 14.2 Å². The molecule has 0 unspecified atom stereocenters. The van der Waals surface area contributed by atoms with Gasteiger partial charge in [-0.05, 0) is 48.6 Å². The van der Waals surface area contributed by atoms with Crippen LogP contribution in [0.5, 0.6) is 0 Å². The number of nitrogens with zero attached hydrogens (tertiary/aromatic N) is 4. The van der Waals surface area contributed by atoms with Crippen LogP contribution < -0.4 is 15.8 Å². The van der Waals surface area contributed by atoms with Crippen LogP contribution in [0.25, 0.3) is 11.2 Å². The standard InChI is InChI=1S/C28H29N5O2/c1-20-8-5-6-11-23(20)18-30-27(34)22-13-16-32(17-14-22)26-28(35)33(19-21-9-3-2-4-10-21)25-24(31-26)12-7-15-29-25/h2-12,15,22H,13-14,16-19H2,1H3,(H,30,34). The third kappa shape index (κ3) is 4.94. The molecule has 1 amide bonds. The second-order valence-corrected chi connectivity index (χ2v) is 9.06. The Balaban J connectivity index is 1.32. The van der Waals surface area contributed by atoms with Crippen LogP contribution in [-0.2, 0) is 17.9 Å². The van der Waals surface area contributed by atoms with Crippen molar-refractivity contribution >= 4 is 22.9 Å². The summed E-state index contributed by atoms with van der Waals surface area (Å²) in [6.45, 7) is 4.25. The number of amides is 1. The molecule has 7 heteroatoms. The molecular formula is C28H29N5O2. The average molecular weight is 468 g/mol. The summed E-state index contributed by atoms with van der Waals surface area (Å²) < 4.78 is 1.70. The van der Waals surface area contributed by atoms with Crippen molar-refractivity contribution in [3.05, 3.63) is 100.0 Å². The zero-order chi connectivity index (χ0) is 24.2. The van der Waals surface area contributed by atoms with Gasteiger partial charge in [-0.2, -0.15) is 0 Å². The third-order valence-corrected chi connectivity index (χ3v) is 6.75. The zero-order valence-corrected chi connectivity index (χ0v) is 19.9. The van der Waals surface area contributed by atoms with Gasteiger partial charge in [0, 0.05) is 31.7 Å². The van der Waals surface area contributed by atoms with Crippen LogP contribution in [0.15, 0.2) is 77.7 Å². The number of benzene rings is 2. The fourth-order valence-electron chi connectivity index (χ4n) is 4.67. The molecule has 1 aliphatic rings. The normalized spacial score (nSPS) is 14.3. The van der Waals surface area contributed by atoms with Crippen LogP contribution in [0.2, 0.25) is 0 Å². The molecule has 1 saturated heterocycles. The first kappa shape index (κ1) is 22.8. The largest absolute Gasteiger partial charge is 0.352 e. The minimum absolute atomic E-state index is 0.0658. The highest BCUT2D eigenvalue weighted by atomic mass is 16.2. The summed E-state index contributed by atoms with van der Waals surface area (Å²) in [7, 11) is 0. The van der Waals surface area contributed by atoms with Gasteiger partial charge in [-0.15, -0.1) is 0 Å². The first-order valence-electron chi connectivity index (χ1n) is 12.1. The molecule has 0 spiro atoms. The van der Waals surface area contributed by atoms with Crippen LogP contribution in [0.3, 0.4) is 0 Å². The van der Waals surface area contributed by atoms with Crippen molar-refractivity contribution in [2.75, 3.05) is 18.0 Å². The third-order valence-electron chi connectivity index (χ3n) is 6.75. The molecule has 2 aromatic carbocycles. The fraction of sp³-hybridized carbons (Fsp3) is 0.286. The Bertz CT molecular complexity index is 1390. The number of hydrogen-bond donors (Lipinski definition) is 1. The van der Waals surface area contributed by atoms with Gasteiger partial charge in [0.05, 0.1) is 6.54 Å². The summed E-state index contributed by atoms with van der Waals surface area (Å²) in [5.74, 6) is 0.439. The molecule has 2 aromatic heterocycles. The highest BCUT2D eigenvalue weighted by Crippen LogP contribution is 2.22. The van der Waals surface area contributed by atoms with Crippen LogP contribution in [-0.4, -0.2) is 33.5 Å². The number of carbonyl (C=O) groups is 1. The van der Waals surface area contributed by atoms with E-state index in [9.17, 15) is 9.59 Å². The molecule has 0 bridgehead atoms. The van der Waals surface area contributed by atoms with E-state index in [0.717, 1.165) is 11.1 Å². The Morgan fingerprint density at radius 3 is 2.51 bits per heavy atom. The second kappa shape index (κ2) is 10.1. The molecule has 3 heterocycles. The number of aryl methyl sites for hydroxylation is 1. The predicted molar refractivity (Wildman–Crippen MR) is 137 cm³/mol. The minimum atomic E-state index is -0.150. The molecule has 7 nitrogen and oxygen atoms in total. The van der Waals surface area contributed by atoms with Gasteiger partial charge in [0.25, 0.3) is 5.56 Å². The molecule has 5 rings (SSSR count). The number of pyridine rings is 1. The first-order chi connectivity index (χ1) is 17.1. The van der Waals surface area contributed by atoms with Crippen LogP contribution in [0.4, 0.5) is 5.82 Å². The lowest BCUT2D eigenvalue weighted by atomic mass is 9.95. The van der Waals surface area contributed by atoms with Gasteiger partial charge in [0.15, 0.2) is 11.5 Å². The highest BCUT2D eigenvalue weighted by Gasteiger charge is 2.27. The van der Waals surface area contributed by atoms with Crippen molar-refractivity contribution < 1.29 is 4.79 Å². The smallest absolute Gasteiger partial charge is 0.295 e. The lowest BCUT2D eigenvalue weighted by Gasteiger charge is -2.32. The molecule has 1 aliphatic heterocycles. The first-order valence-corrected chi connectivity index (χ1v) is 12.1. The monoisotopic (exact) mass is 467 g/mol. The van der Waals surface area contributed by atoms with Crippen molar-refractivity contribution in [3.63, 3.8) is 0 Å². The molecular weight excluding hydrogens is 438 g/mol. The maximum Gasteiger partial charge on any atom is 0.295 e. The van der Waals surface area contributed by atoms with E-state index in [1.54, 1.807) is 10.8 Å². The number of rotatable bonds is 6. The number of fused-ring (bicyclic) bond motifs is 1. The quantitative estimate of drug-likeness (QED) is 0.468. The van der Waals surface area contributed by atoms with Gasteiger partial charge in [-0.1, -0.05) is 54.6 Å². The Morgan fingerprint density at radius 2 is 1.74 bits per heavy atom. The average Bonchev–Trinajstić information content (AvgIpc) is 2.90. The van der Waals surface area contributed by atoms with Crippen LogP contribution >= 0.6 is 0 Å². The van der Waals surface area contributed by atoms with Gasteiger partial charge in [0.1, 0.15) is 5.52 Å². The van der Waals surface area contributed by atoms with Crippen LogP contribution in [0, 0.1) is 12.8 Å². The van der Waals surface area contributed by atoms with E-state index in [1.165, 1.54) is 5.56 Å². The minimum Gasteiger partial charge on any atom is -0.352 e. The number of carbonyl (C=O) groups excluding carboxylic acids is 1. The summed E-state index contributed by atoms with van der Waals surface area (Å²) in [6.07, 6.45) is 3.06. The number of hydrogen-bond acceptors (Lipinski definition) is 5. The van der Waals surface area contributed by atoms with E-state index in [4.69, 9.17) is 0 Å². The molecule has 4 aromatic rings. The SMILES string of the molecule is Cc1ccccc1CNC(=O)C1CCN(c2nc3cccnc3n(Cc3ccccc3)c2=O)CC1. The molecule has 0 radical (unpaired) electrons. The topological polar surface area (TPSA) is 80.1 Å². The Morgan fingerprint density at radius 1 is 1.00 bits per heavy atom. The highest BCUT2D eigenvalue weighted by molar-refractivity contribution is 5.79. The second-order valence-electron chi connectivity index (χ2n) is 9.06. The summed E-state index contributed by atoms with van der Waals surface area (Å²) in [5.41, 5.74) is 4.45. The molecule has 1 fully saturated rings. The number of piperidine rings is 1. The van der Waals surface area contributed by atoms with E-state index in [0.29, 0.717) is 56.0 Å². The molecule has 35 heavy (non-hydrogen) atoms. The summed E-state index contributed by atoms with van der Waals surface area (Å²) in [5, 5.41) is 3.09. The van der Waals surface area contributed by atoms with Crippen molar-refractivity contribution in [1.29, 1.82) is 0 Å². The van der Waals surface area contributed by atoms with E-state index in [1.807, 2.05) is 65.6 Å². The van der Waals surface area contributed by atoms with Gasteiger partial charge >= 0.3 is 0 Å². The molecule has 178 valence electrons. The van der Waals surface area contributed by atoms with Crippen molar-refractivity contribution in [2.24, 2.45) is 5.92 Å². The van der Waals surface area contributed by atoms with Crippen molar-refractivity contribution in [3.8, 4) is 0 Å². The Labute approximate surface area is 204 Å². The maximum atomic E-state index is 13.5. The maximum absolute atomic E-state index is 13.5. The number of nitrogens with one attached hydrogen (secondary N) is 1. The Kier molecular flexibility index (Phi) is 6.57. The van der Waals surface area contributed by atoms with E-state index < -0.39 is 0 Å². The predicted octanol–water partition coefficient (Wildman–Crippen LogP) is 3.68. The molecule has 0 atom stereocenters. The zero-order valence-electron chi connectivity index (χ0n) is 19.9. The summed E-state index contributed by atoms with van der Waals surface area (Å²) >= 11 is 0. The van der Waals surface area contributed by atoms with Crippen molar-refractivity contribution in [2.45, 2.75) is 32.9 Å². The molecule has 0 saturated carbocycles. The summed E-state index contributed by atoms with van der Waals surface area (Å²) in [4.78, 5) is 37.5. The fourth-order valence-corrected chi connectivity index (χ4v) is 4.67. The van der Waals surface area contributed by atoms with E-state index in [-0.39, 0.29) is 17.4 Å². The molecule has 1 N–H and O–H groups in total. The van der Waals surface area contributed by atoms with E-state index >= 15 is 0 Å². The van der Waals surface area contributed by atoms with E-state index in [2.05, 4.69) is 28.3 Å². The molecule has 0 aliphatic carbocycles. The number of anilines is 1. The van der Waals surface area contributed by atoms with Gasteiger partial charge in [0.2, 0.25) is 5.91 Å². The lowest BCUT2D eigenvalue weighted by molar-refractivity contribution is -0.125.